The molecule has 2 bridgehead atoms. The molecule has 0 amide bonds. The highest BCUT2D eigenvalue weighted by molar-refractivity contribution is 5.79. The van der Waals surface area contributed by atoms with Gasteiger partial charge < -0.3 is 9.72 Å². The summed E-state index contributed by atoms with van der Waals surface area (Å²) in [4.78, 5) is 20.6. The maximum absolute atomic E-state index is 12.6. The Labute approximate surface area is 134 Å². The summed E-state index contributed by atoms with van der Waals surface area (Å²) in [6.45, 7) is 0. The number of rotatable bonds is 2. The fourth-order valence-electron chi connectivity index (χ4n) is 6.85. The van der Waals surface area contributed by atoms with Gasteiger partial charge in [-0.05, 0) is 67.4 Å². The Morgan fingerprint density at radius 1 is 1.22 bits per heavy atom. The lowest BCUT2D eigenvalue weighted by molar-refractivity contribution is -0.175. The van der Waals surface area contributed by atoms with Gasteiger partial charge in [0.25, 0.3) is 5.56 Å². The van der Waals surface area contributed by atoms with Crippen molar-refractivity contribution in [2.75, 3.05) is 7.11 Å². The Kier molecular flexibility index (Phi) is 1.98. The monoisotopic (exact) mass is 308 g/mol. The van der Waals surface area contributed by atoms with Crippen LogP contribution in [0.4, 0.5) is 0 Å². The van der Waals surface area contributed by atoms with Crippen LogP contribution >= 0.6 is 0 Å². The molecule has 0 radical (unpaired) electrons. The van der Waals surface area contributed by atoms with Crippen LogP contribution in [-0.4, -0.2) is 17.1 Å². The average Bonchev–Trinajstić information content (AvgIpc) is 3.02. The maximum Gasteiger partial charge on any atom is 0.258 e. The molecule has 2 unspecified atom stereocenters. The van der Waals surface area contributed by atoms with E-state index in [4.69, 9.17) is 9.72 Å². The largest absolute Gasteiger partial charge is 0.497 e. The zero-order chi connectivity index (χ0) is 15.4. The van der Waals surface area contributed by atoms with Crippen molar-refractivity contribution in [1.29, 1.82) is 0 Å². The number of hydrogen-bond donors (Lipinski definition) is 1. The smallest absolute Gasteiger partial charge is 0.258 e. The summed E-state index contributed by atoms with van der Waals surface area (Å²) in [6.07, 6.45) is 6.57. The van der Waals surface area contributed by atoms with E-state index >= 15 is 0 Å². The van der Waals surface area contributed by atoms with Crippen LogP contribution in [-0.2, 0) is 5.41 Å². The van der Waals surface area contributed by atoms with Gasteiger partial charge in [-0.15, -0.1) is 0 Å². The van der Waals surface area contributed by atoms with Gasteiger partial charge in [0.1, 0.15) is 11.6 Å². The Balaban J connectivity index is 1.53. The molecule has 0 saturated heterocycles. The summed E-state index contributed by atoms with van der Waals surface area (Å²) >= 11 is 0. The second kappa shape index (κ2) is 3.63. The lowest BCUT2D eigenvalue weighted by atomic mass is 9.38. The van der Waals surface area contributed by atoms with Crippen molar-refractivity contribution >= 4 is 10.9 Å². The minimum atomic E-state index is -0.00503. The molecule has 0 aliphatic heterocycles. The van der Waals surface area contributed by atoms with E-state index in [1.54, 1.807) is 7.11 Å². The molecule has 4 aliphatic carbocycles. The summed E-state index contributed by atoms with van der Waals surface area (Å²) in [5.41, 5.74) is 1.54. The van der Waals surface area contributed by atoms with Crippen LogP contribution in [0.25, 0.3) is 10.9 Å². The molecule has 4 fully saturated rings. The van der Waals surface area contributed by atoms with Gasteiger partial charge in [-0.3, -0.25) is 4.79 Å². The number of methoxy groups -OCH3 is 1. The van der Waals surface area contributed by atoms with Gasteiger partial charge in [-0.25, -0.2) is 4.98 Å². The summed E-state index contributed by atoms with van der Waals surface area (Å²) in [6, 6.07) is 5.53. The highest BCUT2D eigenvalue weighted by atomic mass is 16.5. The standard InChI is InChI=1S/C19H20N2O2/c1-23-13-2-3-14-15(6-13)20-17(21-16(14)22)18-7-11-4-10-5-12(8-18)19(10,11)9-18/h2-3,6,10-12H,4-5,7-9H2,1H3,(H,20,21,22). The van der Waals surface area contributed by atoms with Crippen LogP contribution in [0.2, 0.25) is 0 Å². The first-order valence-corrected chi connectivity index (χ1v) is 8.73. The first-order chi connectivity index (χ1) is 11.1. The number of fused-ring (bicyclic) bond motifs is 2. The third-order valence-electron chi connectivity index (χ3n) is 7.75. The Bertz CT molecular complexity index is 899. The molecule has 6 rings (SSSR count). The number of nitrogens with zero attached hydrogens (tertiary/aromatic N) is 1. The normalized spacial score (nSPS) is 42.2. The minimum absolute atomic E-state index is 0.00503. The highest BCUT2D eigenvalue weighted by Gasteiger charge is 2.78. The molecular weight excluding hydrogens is 288 g/mol. The van der Waals surface area contributed by atoms with Crippen molar-refractivity contribution in [1.82, 2.24) is 9.97 Å². The van der Waals surface area contributed by atoms with Gasteiger partial charge >= 0.3 is 0 Å². The quantitative estimate of drug-likeness (QED) is 0.928. The third kappa shape index (κ3) is 1.24. The predicted molar refractivity (Wildman–Crippen MR) is 86.6 cm³/mol. The van der Waals surface area contributed by atoms with E-state index in [1.165, 1.54) is 32.1 Å². The molecule has 2 atom stereocenters. The van der Waals surface area contributed by atoms with Crippen molar-refractivity contribution in [2.45, 2.75) is 37.5 Å². The van der Waals surface area contributed by atoms with Gasteiger partial charge in [0.2, 0.25) is 0 Å². The molecule has 4 nitrogen and oxygen atoms in total. The SMILES string of the molecule is COc1ccc2c(=O)[nH]c(C34CC5CC6CC(C3)C65C4)nc2c1. The van der Waals surface area contributed by atoms with Crippen molar-refractivity contribution in [3.8, 4) is 5.75 Å². The van der Waals surface area contributed by atoms with Crippen LogP contribution in [0.15, 0.2) is 23.0 Å². The zero-order valence-corrected chi connectivity index (χ0v) is 13.3. The molecule has 118 valence electrons. The molecule has 1 spiro atoms. The minimum Gasteiger partial charge on any atom is -0.497 e. The number of hydrogen-bond acceptors (Lipinski definition) is 3. The van der Waals surface area contributed by atoms with E-state index in [1.807, 2.05) is 18.2 Å². The lowest BCUT2D eigenvalue weighted by Gasteiger charge is -2.66. The molecule has 1 N–H and O–H groups in total. The van der Waals surface area contributed by atoms with Crippen LogP contribution in [0, 0.1) is 23.2 Å². The topological polar surface area (TPSA) is 55.0 Å². The van der Waals surface area contributed by atoms with Crippen molar-refractivity contribution in [3.05, 3.63) is 34.4 Å². The second-order valence-electron chi connectivity index (χ2n) is 8.34. The molecule has 2 aromatic rings. The first-order valence-electron chi connectivity index (χ1n) is 8.73. The highest BCUT2D eigenvalue weighted by Crippen LogP contribution is 2.84. The summed E-state index contributed by atoms with van der Waals surface area (Å²) < 4.78 is 5.30. The number of ether oxygens (including phenoxy) is 1. The Morgan fingerprint density at radius 3 is 2.65 bits per heavy atom. The molecule has 23 heavy (non-hydrogen) atoms. The van der Waals surface area contributed by atoms with Gasteiger partial charge in [0.15, 0.2) is 0 Å². The molecule has 1 aromatic heterocycles. The lowest BCUT2D eigenvalue weighted by Crippen LogP contribution is -2.59. The molecule has 4 aliphatic rings. The molecule has 1 aromatic carbocycles. The number of aromatic amines is 1. The van der Waals surface area contributed by atoms with E-state index in [9.17, 15) is 4.79 Å². The molecule has 4 heteroatoms. The van der Waals surface area contributed by atoms with Crippen LogP contribution in [0.1, 0.15) is 37.9 Å². The number of benzene rings is 1. The Morgan fingerprint density at radius 2 is 2.00 bits per heavy atom. The number of nitrogens with one attached hydrogen (secondary N) is 1. The summed E-state index contributed by atoms with van der Waals surface area (Å²) in [5, 5.41) is 0.656. The fraction of sp³-hybridized carbons (Fsp3) is 0.579. The van der Waals surface area contributed by atoms with E-state index < -0.39 is 0 Å². The first kappa shape index (κ1) is 12.6. The molecule has 1 heterocycles. The molecular formula is C19H20N2O2. The average molecular weight is 308 g/mol. The van der Waals surface area contributed by atoms with Crippen LogP contribution < -0.4 is 10.3 Å². The number of aromatic nitrogens is 2. The zero-order valence-electron chi connectivity index (χ0n) is 13.3. The van der Waals surface area contributed by atoms with Crippen molar-refractivity contribution in [2.24, 2.45) is 23.2 Å². The summed E-state index contributed by atoms with van der Waals surface area (Å²) in [7, 11) is 1.65. The summed E-state index contributed by atoms with van der Waals surface area (Å²) in [5.74, 6) is 4.47. The predicted octanol–water partition coefficient (Wildman–Crippen LogP) is 3.01. The van der Waals surface area contributed by atoms with E-state index in [2.05, 4.69) is 4.98 Å². The third-order valence-corrected chi connectivity index (χ3v) is 7.75. The van der Waals surface area contributed by atoms with Gasteiger partial charge in [0, 0.05) is 11.5 Å². The van der Waals surface area contributed by atoms with Gasteiger partial charge in [-0.1, -0.05) is 0 Å². The van der Waals surface area contributed by atoms with Crippen molar-refractivity contribution < 1.29 is 4.74 Å². The molecule has 4 saturated carbocycles. The van der Waals surface area contributed by atoms with E-state index in [0.29, 0.717) is 10.8 Å². The fourth-order valence-corrected chi connectivity index (χ4v) is 6.85. The Hall–Kier alpha value is -1.84. The van der Waals surface area contributed by atoms with E-state index in [0.717, 1.165) is 34.8 Å². The van der Waals surface area contributed by atoms with E-state index in [-0.39, 0.29) is 11.0 Å². The second-order valence-corrected chi connectivity index (χ2v) is 8.34. The van der Waals surface area contributed by atoms with Crippen LogP contribution in [0.3, 0.4) is 0 Å². The van der Waals surface area contributed by atoms with Crippen LogP contribution in [0.5, 0.6) is 5.75 Å². The van der Waals surface area contributed by atoms with Crippen molar-refractivity contribution in [3.63, 3.8) is 0 Å². The van der Waals surface area contributed by atoms with Gasteiger partial charge in [0.05, 0.1) is 18.0 Å². The maximum atomic E-state index is 12.6. The number of H-pyrrole nitrogens is 1. The van der Waals surface area contributed by atoms with Gasteiger partial charge in [-0.2, -0.15) is 0 Å².